The standard InChI is InChI=1S/C27H27N3O7S2/c1-5-36-26(33)21-18(17-8-6-15(2)7-9-17)13-38-24(21)29-19(31)12-30-14-28-23-20(25(30)32)16(3)22(39-23)27(34)37-11-10-35-4/h6-9,13-14H,5,10-12H2,1-4H3,(H,29,31). The van der Waals surface area contributed by atoms with Gasteiger partial charge in [-0.2, -0.15) is 0 Å². The molecule has 1 amide bonds. The Hall–Kier alpha value is -3.87. The van der Waals surface area contributed by atoms with Crippen LogP contribution in [0.15, 0.2) is 40.8 Å². The molecule has 204 valence electrons. The van der Waals surface area contributed by atoms with E-state index in [2.05, 4.69) is 10.3 Å². The summed E-state index contributed by atoms with van der Waals surface area (Å²) in [6.07, 6.45) is 1.26. The average Bonchev–Trinajstić information content (AvgIpc) is 3.47. The smallest absolute Gasteiger partial charge is 0.348 e. The SMILES string of the molecule is CCOC(=O)c1c(-c2ccc(C)cc2)csc1NC(=O)Cn1cnc2sc(C(=O)OCCOC)c(C)c2c1=O. The molecule has 12 heteroatoms. The van der Waals surface area contributed by atoms with Gasteiger partial charge in [-0.15, -0.1) is 22.7 Å². The maximum Gasteiger partial charge on any atom is 0.348 e. The van der Waals surface area contributed by atoms with Crippen molar-refractivity contribution in [1.29, 1.82) is 0 Å². The molecule has 0 unspecified atom stereocenters. The Labute approximate surface area is 232 Å². The summed E-state index contributed by atoms with van der Waals surface area (Å²) < 4.78 is 16.5. The molecule has 0 aliphatic heterocycles. The third kappa shape index (κ3) is 6.08. The van der Waals surface area contributed by atoms with Crippen LogP contribution in [0.4, 0.5) is 5.00 Å². The highest BCUT2D eigenvalue weighted by Gasteiger charge is 2.24. The van der Waals surface area contributed by atoms with Gasteiger partial charge in [0.15, 0.2) is 0 Å². The van der Waals surface area contributed by atoms with Crippen LogP contribution in [0.5, 0.6) is 0 Å². The highest BCUT2D eigenvalue weighted by atomic mass is 32.1. The van der Waals surface area contributed by atoms with Crippen molar-refractivity contribution in [1.82, 2.24) is 9.55 Å². The molecule has 4 aromatic rings. The van der Waals surface area contributed by atoms with Crippen molar-refractivity contribution in [3.63, 3.8) is 0 Å². The van der Waals surface area contributed by atoms with Crippen LogP contribution in [0.1, 0.15) is 38.1 Å². The number of nitrogens with one attached hydrogen (secondary N) is 1. The zero-order valence-electron chi connectivity index (χ0n) is 21.9. The molecule has 4 rings (SSSR count). The third-order valence-electron chi connectivity index (χ3n) is 5.82. The van der Waals surface area contributed by atoms with Gasteiger partial charge in [-0.1, -0.05) is 29.8 Å². The number of ether oxygens (including phenoxy) is 3. The molecule has 0 aliphatic rings. The number of hydrogen-bond acceptors (Lipinski definition) is 10. The van der Waals surface area contributed by atoms with Gasteiger partial charge in [-0.25, -0.2) is 14.6 Å². The molecule has 0 bridgehead atoms. The fourth-order valence-corrected chi connectivity index (χ4v) is 5.88. The summed E-state index contributed by atoms with van der Waals surface area (Å²) in [6, 6.07) is 7.67. The van der Waals surface area contributed by atoms with E-state index in [0.29, 0.717) is 21.0 Å². The summed E-state index contributed by atoms with van der Waals surface area (Å²) in [5, 5.41) is 5.11. The molecule has 0 fully saturated rings. The number of amides is 1. The summed E-state index contributed by atoms with van der Waals surface area (Å²) in [5.41, 5.74) is 2.77. The highest BCUT2D eigenvalue weighted by Crippen LogP contribution is 2.36. The normalized spacial score (nSPS) is 11.0. The Kier molecular flexibility index (Phi) is 8.90. The number of methoxy groups -OCH3 is 1. The molecule has 1 aromatic carbocycles. The lowest BCUT2D eigenvalue weighted by Crippen LogP contribution is -2.28. The first-order chi connectivity index (χ1) is 18.7. The molecule has 3 heterocycles. The van der Waals surface area contributed by atoms with Gasteiger partial charge in [0.2, 0.25) is 5.91 Å². The number of fused-ring (bicyclic) bond motifs is 1. The third-order valence-corrected chi connectivity index (χ3v) is 7.90. The molecule has 1 N–H and O–H groups in total. The van der Waals surface area contributed by atoms with Crippen molar-refractivity contribution < 1.29 is 28.6 Å². The van der Waals surface area contributed by atoms with Gasteiger partial charge in [0.1, 0.15) is 33.4 Å². The van der Waals surface area contributed by atoms with Gasteiger partial charge in [0.25, 0.3) is 5.56 Å². The van der Waals surface area contributed by atoms with Crippen molar-refractivity contribution >= 4 is 55.7 Å². The zero-order chi connectivity index (χ0) is 28.1. The molecule has 0 aliphatic carbocycles. The second-order valence-electron chi connectivity index (χ2n) is 8.53. The van der Waals surface area contributed by atoms with Crippen LogP contribution in [0.25, 0.3) is 21.3 Å². The summed E-state index contributed by atoms with van der Waals surface area (Å²) in [5.74, 6) is -1.64. The zero-order valence-corrected chi connectivity index (χ0v) is 23.5. The fourth-order valence-electron chi connectivity index (χ4n) is 3.87. The van der Waals surface area contributed by atoms with Crippen LogP contribution in [0.2, 0.25) is 0 Å². The van der Waals surface area contributed by atoms with E-state index < -0.39 is 23.4 Å². The van der Waals surface area contributed by atoms with E-state index in [-0.39, 0.29) is 42.2 Å². The Morgan fingerprint density at radius 1 is 1.05 bits per heavy atom. The van der Waals surface area contributed by atoms with Gasteiger partial charge in [0, 0.05) is 18.1 Å². The van der Waals surface area contributed by atoms with Crippen LogP contribution in [0.3, 0.4) is 0 Å². The number of benzene rings is 1. The topological polar surface area (TPSA) is 126 Å². The van der Waals surface area contributed by atoms with Gasteiger partial charge in [-0.3, -0.25) is 14.2 Å². The first-order valence-corrected chi connectivity index (χ1v) is 13.7. The molecule has 0 saturated heterocycles. The van der Waals surface area contributed by atoms with Crippen molar-refractivity contribution in [2.45, 2.75) is 27.3 Å². The van der Waals surface area contributed by atoms with Crippen LogP contribution < -0.4 is 10.9 Å². The number of aromatic nitrogens is 2. The fraction of sp³-hybridized carbons (Fsp3) is 0.296. The summed E-state index contributed by atoms with van der Waals surface area (Å²) in [6.45, 7) is 5.50. The maximum absolute atomic E-state index is 13.2. The van der Waals surface area contributed by atoms with Crippen LogP contribution in [-0.2, 0) is 25.5 Å². The van der Waals surface area contributed by atoms with E-state index in [4.69, 9.17) is 14.2 Å². The minimum absolute atomic E-state index is 0.0863. The Morgan fingerprint density at radius 3 is 2.49 bits per heavy atom. The first kappa shape index (κ1) is 28.1. The van der Waals surface area contributed by atoms with Gasteiger partial charge >= 0.3 is 11.9 Å². The molecule has 0 spiro atoms. The van der Waals surface area contributed by atoms with E-state index in [1.807, 2.05) is 31.2 Å². The number of aryl methyl sites for hydroxylation is 2. The number of esters is 2. The van der Waals surface area contributed by atoms with Gasteiger partial charge in [0.05, 0.1) is 24.9 Å². The van der Waals surface area contributed by atoms with Crippen molar-refractivity contribution in [3.8, 4) is 11.1 Å². The summed E-state index contributed by atoms with van der Waals surface area (Å²) >= 11 is 2.25. The average molecular weight is 570 g/mol. The predicted octanol–water partition coefficient (Wildman–Crippen LogP) is 4.42. The van der Waals surface area contributed by atoms with Gasteiger partial charge in [-0.05, 0) is 31.9 Å². The van der Waals surface area contributed by atoms with E-state index in [9.17, 15) is 19.2 Å². The van der Waals surface area contributed by atoms with Crippen LogP contribution >= 0.6 is 22.7 Å². The Balaban J connectivity index is 1.59. The number of carbonyl (C=O) groups is 3. The molecular weight excluding hydrogens is 542 g/mol. The van der Waals surface area contributed by atoms with Crippen LogP contribution in [0, 0.1) is 13.8 Å². The first-order valence-electron chi connectivity index (χ1n) is 12.0. The second-order valence-corrected chi connectivity index (χ2v) is 10.4. The van der Waals surface area contributed by atoms with Crippen LogP contribution in [-0.4, -0.2) is 54.3 Å². The number of nitrogens with zero attached hydrogens (tertiary/aromatic N) is 2. The maximum atomic E-state index is 13.2. The van der Waals surface area contributed by atoms with E-state index in [0.717, 1.165) is 27.0 Å². The van der Waals surface area contributed by atoms with E-state index in [1.165, 1.54) is 24.8 Å². The Morgan fingerprint density at radius 2 is 1.79 bits per heavy atom. The number of anilines is 1. The summed E-state index contributed by atoms with van der Waals surface area (Å²) in [4.78, 5) is 56.4. The lowest BCUT2D eigenvalue weighted by molar-refractivity contribution is -0.116. The van der Waals surface area contributed by atoms with Crippen molar-refractivity contribution in [3.05, 3.63) is 67.9 Å². The van der Waals surface area contributed by atoms with E-state index >= 15 is 0 Å². The van der Waals surface area contributed by atoms with E-state index in [1.54, 1.807) is 19.2 Å². The largest absolute Gasteiger partial charge is 0.462 e. The molecule has 0 atom stereocenters. The number of hydrogen-bond donors (Lipinski definition) is 1. The molecule has 10 nitrogen and oxygen atoms in total. The summed E-state index contributed by atoms with van der Waals surface area (Å²) in [7, 11) is 1.50. The molecule has 0 saturated carbocycles. The molecular formula is C27H27N3O7S2. The lowest BCUT2D eigenvalue weighted by atomic mass is 10.0. The number of thiophene rings is 2. The molecule has 3 aromatic heterocycles. The number of carbonyl (C=O) groups excluding carboxylic acids is 3. The lowest BCUT2D eigenvalue weighted by Gasteiger charge is -2.10. The number of rotatable bonds is 10. The second kappa shape index (κ2) is 12.3. The minimum Gasteiger partial charge on any atom is -0.462 e. The van der Waals surface area contributed by atoms with Gasteiger partial charge < -0.3 is 19.5 Å². The molecule has 39 heavy (non-hydrogen) atoms. The van der Waals surface area contributed by atoms with Crippen molar-refractivity contribution in [2.24, 2.45) is 0 Å². The minimum atomic E-state index is -0.565. The Bertz CT molecular complexity index is 1590. The highest BCUT2D eigenvalue weighted by molar-refractivity contribution is 7.20. The predicted molar refractivity (Wildman–Crippen MR) is 150 cm³/mol. The van der Waals surface area contributed by atoms with Crippen molar-refractivity contribution in [2.75, 3.05) is 32.2 Å². The monoisotopic (exact) mass is 569 g/mol. The molecule has 0 radical (unpaired) electrons. The quantitative estimate of drug-likeness (QED) is 0.220.